The van der Waals surface area contributed by atoms with Crippen molar-refractivity contribution in [2.24, 2.45) is 0 Å². The van der Waals surface area contributed by atoms with Gasteiger partial charge in [-0.05, 0) is 47.5 Å². The van der Waals surface area contributed by atoms with Crippen molar-refractivity contribution in [1.82, 2.24) is 29.9 Å². The molecule has 0 radical (unpaired) electrons. The summed E-state index contributed by atoms with van der Waals surface area (Å²) >= 11 is 0. The van der Waals surface area contributed by atoms with E-state index in [1.54, 1.807) is 22.7 Å². The first-order valence-electron chi connectivity index (χ1n) is 8.97. The fraction of sp³-hybridized carbons (Fsp3) is 0.611. The summed E-state index contributed by atoms with van der Waals surface area (Å²) in [5.41, 5.74) is 1.83. The van der Waals surface area contributed by atoms with Gasteiger partial charge < -0.3 is 10.0 Å². The minimum Gasteiger partial charge on any atom is -0.382 e. The number of amides is 1. The van der Waals surface area contributed by atoms with Gasteiger partial charge in [0.1, 0.15) is 17.0 Å². The number of rotatable bonds is 3. The minimum absolute atomic E-state index is 0.162. The van der Waals surface area contributed by atoms with Crippen LogP contribution < -0.4 is 0 Å². The molecule has 2 aromatic rings. The van der Waals surface area contributed by atoms with E-state index in [4.69, 9.17) is 0 Å². The van der Waals surface area contributed by atoms with E-state index in [9.17, 15) is 9.90 Å². The van der Waals surface area contributed by atoms with Crippen molar-refractivity contribution in [2.45, 2.75) is 59.1 Å². The number of piperidine rings is 1. The van der Waals surface area contributed by atoms with Crippen LogP contribution >= 0.6 is 0 Å². The smallest absolute Gasteiger partial charge is 0.274 e. The number of nitrogens with zero attached hydrogens (tertiary/aromatic N) is 6. The maximum absolute atomic E-state index is 13.0. The molecule has 2 aromatic heterocycles. The molecule has 1 atom stereocenters. The Morgan fingerprint density at radius 1 is 1.19 bits per heavy atom. The lowest BCUT2D eigenvalue weighted by atomic mass is 9.89. The van der Waals surface area contributed by atoms with Gasteiger partial charge in [0.15, 0.2) is 0 Å². The third-order valence-corrected chi connectivity index (χ3v) is 4.96. The van der Waals surface area contributed by atoms with E-state index < -0.39 is 5.60 Å². The van der Waals surface area contributed by atoms with Gasteiger partial charge in [0.05, 0.1) is 29.8 Å². The molecular weight excluding hydrogens is 332 g/mol. The van der Waals surface area contributed by atoms with Gasteiger partial charge in [-0.3, -0.25) is 9.78 Å². The normalized spacial score (nSPS) is 20.7. The fourth-order valence-corrected chi connectivity index (χ4v) is 3.23. The highest BCUT2D eigenvalue weighted by Crippen LogP contribution is 2.31. The second kappa shape index (κ2) is 6.75. The molecule has 1 N–H and O–H groups in total. The van der Waals surface area contributed by atoms with Crippen LogP contribution in [0.2, 0.25) is 0 Å². The quantitative estimate of drug-likeness (QED) is 0.897. The molecular formula is C18H26N6O2. The van der Waals surface area contributed by atoms with Crippen LogP contribution in [0.4, 0.5) is 0 Å². The molecule has 1 aliphatic heterocycles. The summed E-state index contributed by atoms with van der Waals surface area (Å²) in [7, 11) is 0. The van der Waals surface area contributed by atoms with E-state index >= 15 is 0 Å². The van der Waals surface area contributed by atoms with Crippen molar-refractivity contribution in [3.8, 4) is 0 Å². The van der Waals surface area contributed by atoms with Crippen molar-refractivity contribution >= 4 is 5.91 Å². The van der Waals surface area contributed by atoms with E-state index in [0.29, 0.717) is 36.5 Å². The van der Waals surface area contributed by atoms with Crippen LogP contribution in [0.15, 0.2) is 6.20 Å². The first kappa shape index (κ1) is 18.4. The van der Waals surface area contributed by atoms with E-state index in [-0.39, 0.29) is 18.5 Å². The zero-order valence-corrected chi connectivity index (χ0v) is 16.0. The van der Waals surface area contributed by atoms with Crippen molar-refractivity contribution in [2.75, 3.05) is 13.1 Å². The highest BCUT2D eigenvalue weighted by atomic mass is 16.3. The second-order valence-corrected chi connectivity index (χ2v) is 7.37. The monoisotopic (exact) mass is 358 g/mol. The van der Waals surface area contributed by atoms with E-state index in [0.717, 1.165) is 11.4 Å². The Labute approximate surface area is 153 Å². The predicted octanol–water partition coefficient (Wildman–Crippen LogP) is 1.70. The Hall–Kier alpha value is -2.35. The van der Waals surface area contributed by atoms with Crippen LogP contribution in [0.25, 0.3) is 0 Å². The van der Waals surface area contributed by atoms with Crippen LogP contribution in [-0.4, -0.2) is 54.0 Å². The summed E-state index contributed by atoms with van der Waals surface area (Å²) in [6.45, 7) is 10.3. The minimum atomic E-state index is -1.19. The average Bonchev–Trinajstić information content (AvgIpc) is 3.09. The summed E-state index contributed by atoms with van der Waals surface area (Å²) in [6, 6.07) is 0.162. The average molecular weight is 358 g/mol. The van der Waals surface area contributed by atoms with Gasteiger partial charge in [0, 0.05) is 12.6 Å². The van der Waals surface area contributed by atoms with Crippen LogP contribution in [0, 0.1) is 20.8 Å². The molecule has 8 heteroatoms. The largest absolute Gasteiger partial charge is 0.382 e. The highest BCUT2D eigenvalue weighted by molar-refractivity contribution is 5.93. The summed E-state index contributed by atoms with van der Waals surface area (Å²) in [6.07, 6.45) is 3.00. The van der Waals surface area contributed by atoms with Gasteiger partial charge >= 0.3 is 0 Å². The van der Waals surface area contributed by atoms with E-state index in [2.05, 4.69) is 20.3 Å². The third-order valence-electron chi connectivity index (χ3n) is 4.96. The molecule has 8 nitrogen and oxygen atoms in total. The molecule has 3 heterocycles. The van der Waals surface area contributed by atoms with Gasteiger partial charge in [0.2, 0.25) is 0 Å². The summed E-state index contributed by atoms with van der Waals surface area (Å²) in [4.78, 5) is 23.5. The number of β-amino-alcohol motifs (C(OH)–C–C–N with tert-alkyl or cyclic N) is 1. The zero-order chi connectivity index (χ0) is 19.1. The molecule has 0 spiro atoms. The molecule has 1 aliphatic rings. The van der Waals surface area contributed by atoms with Gasteiger partial charge in [-0.15, -0.1) is 5.10 Å². The van der Waals surface area contributed by atoms with Crippen molar-refractivity contribution in [3.63, 3.8) is 0 Å². The lowest BCUT2D eigenvalue weighted by Gasteiger charge is -2.37. The maximum Gasteiger partial charge on any atom is 0.274 e. The van der Waals surface area contributed by atoms with Crippen molar-refractivity contribution < 1.29 is 9.90 Å². The topological polar surface area (TPSA) is 97.0 Å². The molecule has 1 unspecified atom stereocenters. The molecule has 3 rings (SSSR count). The van der Waals surface area contributed by atoms with E-state index in [1.165, 1.54) is 0 Å². The number of hydrogen-bond acceptors (Lipinski definition) is 6. The maximum atomic E-state index is 13.0. The predicted molar refractivity (Wildman–Crippen MR) is 95.7 cm³/mol. The van der Waals surface area contributed by atoms with Crippen molar-refractivity contribution in [1.29, 1.82) is 0 Å². The lowest BCUT2D eigenvalue weighted by molar-refractivity contribution is -0.0322. The second-order valence-electron chi connectivity index (χ2n) is 7.37. The SMILES string of the molecule is Cc1nc(C)c(C(=O)N2CCCC(O)(c3cn(C(C)C)nn3)C2)nc1C. The number of likely N-dealkylation sites (tertiary alicyclic amines) is 1. The zero-order valence-electron chi connectivity index (χ0n) is 16.0. The van der Waals surface area contributed by atoms with Crippen LogP contribution in [0.5, 0.6) is 0 Å². The molecule has 26 heavy (non-hydrogen) atoms. The summed E-state index contributed by atoms with van der Waals surface area (Å²) < 4.78 is 1.72. The first-order valence-corrected chi connectivity index (χ1v) is 8.97. The highest BCUT2D eigenvalue weighted by Gasteiger charge is 2.40. The van der Waals surface area contributed by atoms with Gasteiger partial charge in [-0.2, -0.15) is 0 Å². The van der Waals surface area contributed by atoms with E-state index in [1.807, 2.05) is 27.7 Å². The molecule has 0 aliphatic carbocycles. The summed E-state index contributed by atoms with van der Waals surface area (Å²) in [5.74, 6) is -0.201. The molecule has 0 aromatic carbocycles. The van der Waals surface area contributed by atoms with Crippen molar-refractivity contribution in [3.05, 3.63) is 34.7 Å². The molecule has 1 saturated heterocycles. The van der Waals surface area contributed by atoms with Gasteiger partial charge in [0.25, 0.3) is 5.91 Å². The number of aliphatic hydroxyl groups is 1. The Bertz CT molecular complexity index is 831. The van der Waals surface area contributed by atoms with Gasteiger partial charge in [-0.1, -0.05) is 5.21 Å². The fourth-order valence-electron chi connectivity index (χ4n) is 3.23. The Morgan fingerprint density at radius 2 is 1.88 bits per heavy atom. The summed E-state index contributed by atoms with van der Waals surface area (Å²) in [5, 5.41) is 19.3. The van der Waals surface area contributed by atoms with Crippen LogP contribution in [0.1, 0.15) is 66.0 Å². The van der Waals surface area contributed by atoms with Crippen LogP contribution in [0.3, 0.4) is 0 Å². The Balaban J connectivity index is 1.85. The number of aromatic nitrogens is 5. The van der Waals surface area contributed by atoms with Gasteiger partial charge in [-0.25, -0.2) is 9.67 Å². The third kappa shape index (κ3) is 3.33. The standard InChI is InChI=1S/C18H26N6O2/c1-11(2)24-9-15(21-22-24)18(26)7-6-8-23(10-18)17(25)16-14(5)19-12(3)13(4)20-16/h9,11,26H,6-8,10H2,1-5H3. The molecule has 1 amide bonds. The Morgan fingerprint density at radius 3 is 2.54 bits per heavy atom. The molecule has 140 valence electrons. The number of carbonyl (C=O) groups is 1. The first-order chi connectivity index (χ1) is 12.2. The molecule has 1 fully saturated rings. The lowest BCUT2D eigenvalue weighted by Crippen LogP contribution is -2.49. The number of hydrogen-bond donors (Lipinski definition) is 1. The number of aryl methyl sites for hydroxylation is 3. The number of carbonyl (C=O) groups excluding carboxylic acids is 1. The molecule has 0 saturated carbocycles. The Kier molecular flexibility index (Phi) is 4.79. The van der Waals surface area contributed by atoms with Crippen LogP contribution in [-0.2, 0) is 5.60 Å². The molecule has 0 bridgehead atoms.